The molecule has 0 spiro atoms. The molecule has 1 aliphatic heterocycles. The predicted octanol–water partition coefficient (Wildman–Crippen LogP) is 3.15. The van der Waals surface area contributed by atoms with Crippen LogP contribution >= 0.6 is 0 Å². The Kier molecular flexibility index (Phi) is 3.60. The van der Waals surface area contributed by atoms with Gasteiger partial charge in [0.15, 0.2) is 0 Å². The minimum atomic E-state index is -0.598. The summed E-state index contributed by atoms with van der Waals surface area (Å²) in [4.78, 5) is 4.56. The number of hydrogen-bond donors (Lipinski definition) is 2. The number of anilines is 1. The largest absolute Gasteiger partial charge is 0.390 e. The molecule has 2 heterocycles. The zero-order valence-electron chi connectivity index (χ0n) is 12.6. The van der Waals surface area contributed by atoms with E-state index in [0.717, 1.165) is 29.6 Å². The van der Waals surface area contributed by atoms with E-state index >= 15 is 0 Å². The lowest BCUT2D eigenvalue weighted by atomic mass is 9.90. The standard InChI is InChI=1S/C17H18F2N2O/c1-17(2)9-20-14-6-11(15(8-22)21-16(14)17)5-10-3-4-12(18)7-13(10)19/h3-4,6-7,20,22H,5,8-9H2,1-2H3. The second kappa shape index (κ2) is 5.32. The van der Waals surface area contributed by atoms with Gasteiger partial charge >= 0.3 is 0 Å². The van der Waals surface area contributed by atoms with Crippen molar-refractivity contribution in [2.75, 3.05) is 11.9 Å². The predicted molar refractivity (Wildman–Crippen MR) is 80.8 cm³/mol. The molecule has 0 unspecified atom stereocenters. The summed E-state index contributed by atoms with van der Waals surface area (Å²) in [5, 5.41) is 12.9. The smallest absolute Gasteiger partial charge is 0.129 e. The Morgan fingerprint density at radius 1 is 1.23 bits per heavy atom. The first-order chi connectivity index (χ1) is 10.4. The van der Waals surface area contributed by atoms with Gasteiger partial charge in [-0.25, -0.2) is 8.78 Å². The number of aliphatic hydroxyl groups is 1. The zero-order chi connectivity index (χ0) is 15.9. The summed E-state index contributed by atoms with van der Waals surface area (Å²) in [6.07, 6.45) is 0.268. The summed E-state index contributed by atoms with van der Waals surface area (Å²) in [5.41, 5.74) is 3.41. The van der Waals surface area contributed by atoms with E-state index in [9.17, 15) is 13.9 Å². The zero-order valence-corrected chi connectivity index (χ0v) is 12.6. The molecule has 2 N–H and O–H groups in total. The highest BCUT2D eigenvalue weighted by Crippen LogP contribution is 2.36. The van der Waals surface area contributed by atoms with Gasteiger partial charge in [-0.3, -0.25) is 4.98 Å². The first kappa shape index (κ1) is 14.9. The Balaban J connectivity index is 2.01. The highest BCUT2D eigenvalue weighted by atomic mass is 19.1. The topological polar surface area (TPSA) is 45.1 Å². The van der Waals surface area contributed by atoms with Gasteiger partial charge in [0.25, 0.3) is 0 Å². The van der Waals surface area contributed by atoms with Crippen molar-refractivity contribution in [2.45, 2.75) is 32.3 Å². The summed E-state index contributed by atoms with van der Waals surface area (Å²) in [6, 6.07) is 5.44. The SMILES string of the molecule is CC1(C)CNc2cc(Cc3ccc(F)cc3F)c(CO)nc21. The van der Waals surface area contributed by atoms with Crippen molar-refractivity contribution in [3.8, 4) is 0 Å². The van der Waals surface area contributed by atoms with Gasteiger partial charge in [-0.15, -0.1) is 0 Å². The van der Waals surface area contributed by atoms with E-state index in [0.29, 0.717) is 11.3 Å². The number of benzene rings is 1. The second-order valence-electron chi connectivity index (χ2n) is 6.30. The second-order valence-corrected chi connectivity index (χ2v) is 6.30. The summed E-state index contributed by atoms with van der Waals surface area (Å²) >= 11 is 0. The monoisotopic (exact) mass is 304 g/mol. The van der Waals surface area contributed by atoms with Gasteiger partial charge in [0.05, 0.1) is 23.7 Å². The molecule has 0 saturated heterocycles. The van der Waals surface area contributed by atoms with Crippen LogP contribution in [-0.4, -0.2) is 16.6 Å². The number of aromatic nitrogens is 1. The molecular weight excluding hydrogens is 286 g/mol. The van der Waals surface area contributed by atoms with E-state index in [1.807, 2.05) is 6.07 Å². The fourth-order valence-electron chi connectivity index (χ4n) is 2.80. The fourth-order valence-corrected chi connectivity index (χ4v) is 2.80. The van der Waals surface area contributed by atoms with Crippen LogP contribution in [0.25, 0.3) is 0 Å². The maximum atomic E-state index is 13.8. The lowest BCUT2D eigenvalue weighted by Crippen LogP contribution is -2.20. The summed E-state index contributed by atoms with van der Waals surface area (Å²) in [5.74, 6) is -1.18. The molecule has 0 fully saturated rings. The van der Waals surface area contributed by atoms with Gasteiger partial charge < -0.3 is 10.4 Å². The van der Waals surface area contributed by atoms with Crippen LogP contribution in [-0.2, 0) is 18.4 Å². The molecular formula is C17H18F2N2O. The molecule has 2 aromatic rings. The van der Waals surface area contributed by atoms with E-state index in [2.05, 4.69) is 24.1 Å². The van der Waals surface area contributed by atoms with E-state index in [4.69, 9.17) is 0 Å². The highest BCUT2D eigenvalue weighted by Gasteiger charge is 2.32. The van der Waals surface area contributed by atoms with E-state index < -0.39 is 11.6 Å². The van der Waals surface area contributed by atoms with Crippen LogP contribution in [0.1, 0.15) is 36.4 Å². The summed E-state index contributed by atoms with van der Waals surface area (Å²) < 4.78 is 26.8. The van der Waals surface area contributed by atoms with Crippen LogP contribution in [0.4, 0.5) is 14.5 Å². The molecule has 0 atom stereocenters. The Bertz CT molecular complexity index is 729. The Labute approximate surface area is 128 Å². The maximum absolute atomic E-state index is 13.8. The molecule has 1 aromatic carbocycles. The molecule has 5 heteroatoms. The summed E-state index contributed by atoms with van der Waals surface area (Å²) in [7, 11) is 0. The summed E-state index contributed by atoms with van der Waals surface area (Å²) in [6.45, 7) is 4.73. The van der Waals surface area contributed by atoms with Crippen molar-refractivity contribution in [3.63, 3.8) is 0 Å². The van der Waals surface area contributed by atoms with Crippen LogP contribution < -0.4 is 5.32 Å². The number of hydrogen-bond acceptors (Lipinski definition) is 3. The van der Waals surface area contributed by atoms with Crippen LogP contribution in [0.15, 0.2) is 24.3 Å². The molecule has 0 aliphatic carbocycles. The lowest BCUT2D eigenvalue weighted by Gasteiger charge is -2.17. The molecule has 3 nitrogen and oxygen atoms in total. The van der Waals surface area contributed by atoms with Gasteiger partial charge in [0, 0.05) is 24.4 Å². The number of halogens is 2. The third-order valence-corrected chi connectivity index (χ3v) is 4.10. The van der Waals surface area contributed by atoms with Crippen molar-refractivity contribution in [1.82, 2.24) is 4.98 Å². The van der Waals surface area contributed by atoms with Crippen LogP contribution in [0.5, 0.6) is 0 Å². The molecule has 1 aromatic heterocycles. The highest BCUT2D eigenvalue weighted by molar-refractivity contribution is 5.59. The normalized spacial score (nSPS) is 15.5. The van der Waals surface area contributed by atoms with Crippen molar-refractivity contribution in [1.29, 1.82) is 0 Å². The average molecular weight is 304 g/mol. The fraction of sp³-hybridized carbons (Fsp3) is 0.353. The van der Waals surface area contributed by atoms with Gasteiger partial charge in [-0.2, -0.15) is 0 Å². The first-order valence-electron chi connectivity index (χ1n) is 7.22. The number of nitrogens with one attached hydrogen (secondary N) is 1. The van der Waals surface area contributed by atoms with Crippen molar-refractivity contribution in [3.05, 3.63) is 58.4 Å². The molecule has 116 valence electrons. The van der Waals surface area contributed by atoms with Crippen LogP contribution in [0.3, 0.4) is 0 Å². The Hall–Kier alpha value is -2.01. The molecule has 1 aliphatic rings. The van der Waals surface area contributed by atoms with Crippen LogP contribution in [0.2, 0.25) is 0 Å². The number of fused-ring (bicyclic) bond motifs is 1. The minimum Gasteiger partial charge on any atom is -0.390 e. The van der Waals surface area contributed by atoms with Crippen LogP contribution in [0, 0.1) is 11.6 Å². The molecule has 0 bridgehead atoms. The van der Waals surface area contributed by atoms with Gasteiger partial charge in [-0.1, -0.05) is 19.9 Å². The quantitative estimate of drug-likeness (QED) is 0.915. The lowest BCUT2D eigenvalue weighted by molar-refractivity contribution is 0.275. The number of aliphatic hydroxyl groups excluding tert-OH is 1. The van der Waals surface area contributed by atoms with Crippen molar-refractivity contribution in [2.24, 2.45) is 0 Å². The molecule has 0 amide bonds. The Morgan fingerprint density at radius 2 is 2.00 bits per heavy atom. The molecule has 0 saturated carbocycles. The first-order valence-corrected chi connectivity index (χ1v) is 7.22. The Morgan fingerprint density at radius 3 is 2.68 bits per heavy atom. The van der Waals surface area contributed by atoms with E-state index in [1.165, 1.54) is 12.1 Å². The van der Waals surface area contributed by atoms with Crippen molar-refractivity contribution < 1.29 is 13.9 Å². The minimum absolute atomic E-state index is 0.0983. The molecule has 3 rings (SSSR count). The third-order valence-electron chi connectivity index (χ3n) is 4.10. The molecule has 22 heavy (non-hydrogen) atoms. The van der Waals surface area contributed by atoms with Gasteiger partial charge in [0.1, 0.15) is 11.6 Å². The number of nitrogens with zero attached hydrogens (tertiary/aromatic N) is 1. The van der Waals surface area contributed by atoms with Crippen molar-refractivity contribution >= 4 is 5.69 Å². The van der Waals surface area contributed by atoms with E-state index in [-0.39, 0.29) is 18.4 Å². The van der Waals surface area contributed by atoms with E-state index in [1.54, 1.807) is 0 Å². The molecule has 0 radical (unpaired) electrons. The average Bonchev–Trinajstić information content (AvgIpc) is 2.76. The third kappa shape index (κ3) is 2.57. The van der Waals surface area contributed by atoms with Gasteiger partial charge in [-0.05, 0) is 23.3 Å². The number of pyridine rings is 1. The number of rotatable bonds is 3. The van der Waals surface area contributed by atoms with Gasteiger partial charge in [0.2, 0.25) is 0 Å². The maximum Gasteiger partial charge on any atom is 0.129 e.